The number of hydrogen-bond donors (Lipinski definition) is 1. The van der Waals surface area contributed by atoms with Crippen LogP contribution in [0.25, 0.3) is 0 Å². The predicted molar refractivity (Wildman–Crippen MR) is 118 cm³/mol. The van der Waals surface area contributed by atoms with Crippen LogP contribution in [0, 0.1) is 6.92 Å². The Morgan fingerprint density at radius 1 is 1.17 bits per heavy atom. The van der Waals surface area contributed by atoms with Gasteiger partial charge in [-0.15, -0.1) is 11.8 Å². The molecule has 1 heterocycles. The molecule has 0 aliphatic carbocycles. The molecule has 0 bridgehead atoms. The van der Waals surface area contributed by atoms with Crippen LogP contribution in [0.3, 0.4) is 0 Å². The first-order valence-corrected chi connectivity index (χ1v) is 10.3. The van der Waals surface area contributed by atoms with E-state index in [0.29, 0.717) is 16.5 Å². The number of amides is 1. The zero-order valence-corrected chi connectivity index (χ0v) is 17.7. The average Bonchev–Trinajstić information content (AvgIpc) is 2.69. The highest BCUT2D eigenvalue weighted by Crippen LogP contribution is 2.23. The second-order valence-corrected chi connectivity index (χ2v) is 7.97. The number of pyridine rings is 1. The quantitative estimate of drug-likeness (QED) is 0.551. The molecule has 7 heteroatoms. The Bertz CT molecular complexity index is 1060. The molecule has 150 valence electrons. The van der Waals surface area contributed by atoms with Gasteiger partial charge in [0.25, 0.3) is 0 Å². The minimum absolute atomic E-state index is 0.0486. The van der Waals surface area contributed by atoms with Crippen LogP contribution >= 0.6 is 23.4 Å². The summed E-state index contributed by atoms with van der Waals surface area (Å²) in [5.41, 5.74) is 2.33. The van der Waals surface area contributed by atoms with Crippen molar-refractivity contribution in [3.05, 3.63) is 87.3 Å². The van der Waals surface area contributed by atoms with Crippen LogP contribution in [-0.4, -0.2) is 17.6 Å². The number of nitrogens with one attached hydrogen (secondary N) is 1. The van der Waals surface area contributed by atoms with Gasteiger partial charge in [-0.25, -0.2) is 0 Å². The summed E-state index contributed by atoms with van der Waals surface area (Å²) in [7, 11) is 1.44. The molecule has 3 rings (SSSR count). The molecular weight excluding hydrogens is 408 g/mol. The molecule has 0 fully saturated rings. The summed E-state index contributed by atoms with van der Waals surface area (Å²) in [6, 6.07) is 16.6. The molecule has 29 heavy (non-hydrogen) atoms. The number of aromatic nitrogens is 1. The molecule has 0 saturated heterocycles. The van der Waals surface area contributed by atoms with E-state index >= 15 is 0 Å². The van der Waals surface area contributed by atoms with Crippen LogP contribution in [-0.2, 0) is 17.1 Å². The zero-order valence-electron chi connectivity index (χ0n) is 16.1. The van der Waals surface area contributed by atoms with E-state index in [4.69, 9.17) is 16.3 Å². The van der Waals surface area contributed by atoms with Gasteiger partial charge in [-0.1, -0.05) is 35.4 Å². The smallest absolute Gasteiger partial charge is 0.244 e. The Labute approximate surface area is 178 Å². The summed E-state index contributed by atoms with van der Waals surface area (Å²) in [4.78, 5) is 25.9. The lowest BCUT2D eigenvalue weighted by atomic mass is 10.2. The molecule has 1 N–H and O–H groups in total. The highest BCUT2D eigenvalue weighted by Gasteiger charge is 2.12. The molecule has 0 aliphatic rings. The van der Waals surface area contributed by atoms with Crippen LogP contribution in [0.5, 0.6) is 5.75 Å². The summed E-state index contributed by atoms with van der Waals surface area (Å²) < 4.78 is 6.88. The SMILES string of the molecule is COc1cn(CC(=O)Nc2cccc(Cl)c2)c(CSc2ccc(C)cc2)cc1=O. The number of ether oxygens (including phenoxy) is 1. The van der Waals surface area contributed by atoms with E-state index in [0.717, 1.165) is 10.6 Å². The Kier molecular flexibility index (Phi) is 7.01. The first-order valence-electron chi connectivity index (χ1n) is 8.97. The Hall–Kier alpha value is -2.70. The normalized spacial score (nSPS) is 10.6. The molecule has 5 nitrogen and oxygen atoms in total. The van der Waals surface area contributed by atoms with Crippen LogP contribution < -0.4 is 15.5 Å². The lowest BCUT2D eigenvalue weighted by Gasteiger charge is -2.15. The zero-order chi connectivity index (χ0) is 20.8. The summed E-state index contributed by atoms with van der Waals surface area (Å²) in [5, 5.41) is 3.37. The first-order chi connectivity index (χ1) is 13.9. The maximum absolute atomic E-state index is 12.5. The number of carbonyl (C=O) groups is 1. The van der Waals surface area contributed by atoms with Gasteiger partial charge in [-0.05, 0) is 37.3 Å². The number of aryl methyl sites for hydroxylation is 1. The number of anilines is 1. The van der Waals surface area contributed by atoms with Crippen molar-refractivity contribution in [2.75, 3.05) is 12.4 Å². The molecule has 0 atom stereocenters. The van der Waals surface area contributed by atoms with Gasteiger partial charge in [0.2, 0.25) is 11.3 Å². The molecule has 0 aliphatic heterocycles. The molecule has 3 aromatic rings. The third-order valence-corrected chi connectivity index (χ3v) is 5.51. The maximum Gasteiger partial charge on any atom is 0.244 e. The van der Waals surface area contributed by atoms with Gasteiger partial charge >= 0.3 is 0 Å². The van der Waals surface area contributed by atoms with E-state index in [1.807, 2.05) is 31.2 Å². The number of methoxy groups -OCH3 is 1. The van der Waals surface area contributed by atoms with Crippen molar-refractivity contribution in [2.24, 2.45) is 0 Å². The molecular formula is C22H21ClN2O3S. The van der Waals surface area contributed by atoms with E-state index in [9.17, 15) is 9.59 Å². The molecule has 0 spiro atoms. The number of hydrogen-bond acceptors (Lipinski definition) is 4. The molecule has 0 saturated carbocycles. The number of benzene rings is 2. The highest BCUT2D eigenvalue weighted by molar-refractivity contribution is 7.98. The Balaban J connectivity index is 1.78. The van der Waals surface area contributed by atoms with Crippen LogP contribution in [0.2, 0.25) is 5.02 Å². The minimum Gasteiger partial charge on any atom is -0.491 e. The molecule has 2 aromatic carbocycles. The van der Waals surface area contributed by atoms with Gasteiger partial charge in [-0.3, -0.25) is 9.59 Å². The minimum atomic E-state index is -0.223. The van der Waals surface area contributed by atoms with E-state index in [-0.39, 0.29) is 23.6 Å². The van der Waals surface area contributed by atoms with Crippen LogP contribution in [0.1, 0.15) is 11.3 Å². The largest absolute Gasteiger partial charge is 0.491 e. The standard InChI is InChI=1S/C22H21ClN2O3S/c1-15-6-8-19(9-7-15)29-14-18-11-20(26)21(28-2)12-25(18)13-22(27)24-17-5-3-4-16(23)10-17/h3-12H,13-14H2,1-2H3,(H,24,27). The summed E-state index contributed by atoms with van der Waals surface area (Å²) in [5.74, 6) is 0.524. The maximum atomic E-state index is 12.5. The van der Waals surface area contributed by atoms with Gasteiger partial charge in [0.05, 0.1) is 13.3 Å². The third kappa shape index (κ3) is 5.89. The predicted octanol–water partition coefficient (Wildman–Crippen LogP) is 4.75. The topological polar surface area (TPSA) is 60.3 Å². The van der Waals surface area contributed by atoms with Crippen LogP contribution in [0.15, 0.2) is 70.5 Å². The highest BCUT2D eigenvalue weighted by atomic mass is 35.5. The number of halogens is 1. The second kappa shape index (κ2) is 9.67. The molecule has 1 aromatic heterocycles. The summed E-state index contributed by atoms with van der Waals surface area (Å²) >= 11 is 7.57. The number of thioether (sulfide) groups is 1. The number of nitrogens with zero attached hydrogens (tertiary/aromatic N) is 1. The lowest BCUT2D eigenvalue weighted by Crippen LogP contribution is -2.22. The van der Waals surface area contributed by atoms with Crippen molar-refractivity contribution < 1.29 is 9.53 Å². The van der Waals surface area contributed by atoms with E-state index in [2.05, 4.69) is 5.32 Å². The molecule has 1 amide bonds. The monoisotopic (exact) mass is 428 g/mol. The van der Waals surface area contributed by atoms with Gasteiger partial charge < -0.3 is 14.6 Å². The first kappa shape index (κ1) is 21.0. The molecule has 0 unspecified atom stereocenters. The van der Waals surface area contributed by atoms with Crippen molar-refractivity contribution >= 4 is 35.0 Å². The van der Waals surface area contributed by atoms with Crippen LogP contribution in [0.4, 0.5) is 5.69 Å². The second-order valence-electron chi connectivity index (χ2n) is 6.49. The van der Waals surface area contributed by atoms with E-state index in [1.54, 1.807) is 46.8 Å². The van der Waals surface area contributed by atoms with Crippen molar-refractivity contribution in [2.45, 2.75) is 24.1 Å². The van der Waals surface area contributed by atoms with Crippen molar-refractivity contribution in [1.82, 2.24) is 4.57 Å². The average molecular weight is 429 g/mol. The summed E-state index contributed by atoms with van der Waals surface area (Å²) in [6.45, 7) is 2.08. The Morgan fingerprint density at radius 3 is 2.62 bits per heavy atom. The van der Waals surface area contributed by atoms with Gasteiger partial charge in [-0.2, -0.15) is 0 Å². The Morgan fingerprint density at radius 2 is 1.93 bits per heavy atom. The van der Waals surface area contributed by atoms with E-state index < -0.39 is 0 Å². The third-order valence-electron chi connectivity index (χ3n) is 4.23. The van der Waals surface area contributed by atoms with Crippen molar-refractivity contribution in [3.8, 4) is 5.75 Å². The van der Waals surface area contributed by atoms with Gasteiger partial charge in [0.15, 0.2) is 5.75 Å². The summed E-state index contributed by atoms with van der Waals surface area (Å²) in [6.07, 6.45) is 1.57. The molecule has 0 radical (unpaired) electrons. The fourth-order valence-corrected chi connectivity index (χ4v) is 3.81. The lowest BCUT2D eigenvalue weighted by molar-refractivity contribution is -0.116. The van der Waals surface area contributed by atoms with Gasteiger partial charge in [0, 0.05) is 33.1 Å². The number of carbonyl (C=O) groups excluding carboxylic acids is 1. The van der Waals surface area contributed by atoms with Crippen molar-refractivity contribution in [3.63, 3.8) is 0 Å². The van der Waals surface area contributed by atoms with Gasteiger partial charge in [0.1, 0.15) is 6.54 Å². The van der Waals surface area contributed by atoms with Crippen molar-refractivity contribution in [1.29, 1.82) is 0 Å². The van der Waals surface area contributed by atoms with E-state index in [1.165, 1.54) is 18.7 Å². The number of rotatable bonds is 7. The fraction of sp³-hybridized carbons (Fsp3) is 0.182. The fourth-order valence-electron chi connectivity index (χ4n) is 2.73.